The van der Waals surface area contributed by atoms with Gasteiger partial charge in [0, 0.05) is 23.1 Å². The maximum Gasteiger partial charge on any atom is 0.328 e. The third-order valence-electron chi connectivity index (χ3n) is 4.09. The van der Waals surface area contributed by atoms with Gasteiger partial charge in [-0.05, 0) is 18.9 Å². The number of carbonyl (C=O) groups excluding carboxylic acids is 1. The molecule has 0 spiro atoms. The molecule has 1 aromatic carbocycles. The van der Waals surface area contributed by atoms with Gasteiger partial charge in [-0.3, -0.25) is 19.5 Å². The molecule has 0 fully saturated rings. The minimum Gasteiger partial charge on any atom is -0.464 e. The van der Waals surface area contributed by atoms with Crippen molar-refractivity contribution in [2.45, 2.75) is 26.3 Å². The molecular formula is C18H17N3O5S. The third kappa shape index (κ3) is 3.59. The van der Waals surface area contributed by atoms with Crippen LogP contribution in [0.1, 0.15) is 26.3 Å². The van der Waals surface area contributed by atoms with Crippen LogP contribution in [0.5, 0.6) is 0 Å². The van der Waals surface area contributed by atoms with E-state index in [0.29, 0.717) is 27.8 Å². The number of aromatic nitrogens is 2. The highest BCUT2D eigenvalue weighted by atomic mass is 32.1. The first-order chi connectivity index (χ1) is 12.9. The van der Waals surface area contributed by atoms with Crippen LogP contribution in [-0.2, 0) is 9.53 Å². The normalized spacial score (nSPS) is 12.1. The van der Waals surface area contributed by atoms with Crippen molar-refractivity contribution in [2.75, 3.05) is 6.61 Å². The molecule has 2 aromatic heterocycles. The summed E-state index contributed by atoms with van der Waals surface area (Å²) < 4.78 is 6.34. The summed E-state index contributed by atoms with van der Waals surface area (Å²) in [5.41, 5.74) is 0.657. The van der Waals surface area contributed by atoms with Crippen LogP contribution in [0.2, 0.25) is 0 Å². The highest BCUT2D eigenvalue weighted by molar-refractivity contribution is 7.17. The molecule has 27 heavy (non-hydrogen) atoms. The van der Waals surface area contributed by atoms with Crippen LogP contribution < -0.4 is 5.56 Å². The summed E-state index contributed by atoms with van der Waals surface area (Å²) in [4.78, 5) is 40.5. The quantitative estimate of drug-likeness (QED) is 0.364. The van der Waals surface area contributed by atoms with Crippen molar-refractivity contribution in [3.8, 4) is 11.1 Å². The minimum absolute atomic E-state index is 0.0624. The summed E-state index contributed by atoms with van der Waals surface area (Å²) in [6, 6.07) is 5.25. The third-order valence-corrected chi connectivity index (χ3v) is 4.98. The number of nitro groups is 1. The van der Waals surface area contributed by atoms with Crippen molar-refractivity contribution < 1.29 is 14.5 Å². The molecule has 0 unspecified atom stereocenters. The lowest BCUT2D eigenvalue weighted by Crippen LogP contribution is -2.29. The molecule has 0 radical (unpaired) electrons. The SMILES string of the molecule is CCCOC(=O)[C@@H](C)n1cnc2scc(-c3cccc([N+](=O)[O-])c3)c2c1=O. The van der Waals surface area contributed by atoms with Gasteiger partial charge < -0.3 is 4.74 Å². The lowest BCUT2D eigenvalue weighted by atomic mass is 10.1. The molecule has 0 saturated heterocycles. The number of esters is 1. The first-order valence-electron chi connectivity index (χ1n) is 8.33. The van der Waals surface area contributed by atoms with Gasteiger partial charge in [0.05, 0.1) is 23.2 Å². The fraction of sp³-hybridized carbons (Fsp3) is 0.278. The van der Waals surface area contributed by atoms with E-state index < -0.39 is 16.9 Å². The molecule has 3 rings (SSSR count). The highest BCUT2D eigenvalue weighted by Gasteiger charge is 2.21. The Balaban J connectivity index is 2.10. The number of nitro benzene ring substituents is 1. The molecular weight excluding hydrogens is 370 g/mol. The summed E-state index contributed by atoms with van der Waals surface area (Å²) in [6.07, 6.45) is 2.02. The summed E-state index contributed by atoms with van der Waals surface area (Å²) >= 11 is 1.27. The zero-order chi connectivity index (χ0) is 19.6. The number of thiophene rings is 1. The Labute approximate surface area is 158 Å². The molecule has 0 bridgehead atoms. The predicted octanol–water partition coefficient (Wildman–Crippen LogP) is 3.55. The number of hydrogen-bond donors (Lipinski definition) is 0. The predicted molar refractivity (Wildman–Crippen MR) is 102 cm³/mol. The van der Waals surface area contributed by atoms with Gasteiger partial charge in [-0.25, -0.2) is 9.78 Å². The van der Waals surface area contributed by atoms with Crippen molar-refractivity contribution in [3.05, 3.63) is 56.4 Å². The van der Waals surface area contributed by atoms with Crippen LogP contribution in [0.4, 0.5) is 5.69 Å². The zero-order valence-corrected chi connectivity index (χ0v) is 15.6. The monoisotopic (exact) mass is 387 g/mol. The second kappa shape index (κ2) is 7.67. The first kappa shape index (κ1) is 18.7. The molecule has 8 nitrogen and oxygen atoms in total. The van der Waals surface area contributed by atoms with E-state index >= 15 is 0 Å². The van der Waals surface area contributed by atoms with E-state index in [1.165, 1.54) is 34.4 Å². The second-order valence-electron chi connectivity index (χ2n) is 5.94. The number of nitrogens with zero attached hydrogens (tertiary/aromatic N) is 3. The van der Waals surface area contributed by atoms with Crippen LogP contribution in [-0.4, -0.2) is 27.1 Å². The smallest absolute Gasteiger partial charge is 0.328 e. The molecule has 3 aromatic rings. The molecule has 9 heteroatoms. The van der Waals surface area contributed by atoms with Gasteiger partial charge in [0.2, 0.25) is 0 Å². The first-order valence-corrected chi connectivity index (χ1v) is 9.21. The number of fused-ring (bicyclic) bond motifs is 1. The van der Waals surface area contributed by atoms with E-state index in [2.05, 4.69) is 4.98 Å². The van der Waals surface area contributed by atoms with E-state index in [0.717, 1.165) is 0 Å². The van der Waals surface area contributed by atoms with Crippen molar-refractivity contribution in [1.82, 2.24) is 9.55 Å². The molecule has 2 heterocycles. The number of carbonyl (C=O) groups is 1. The van der Waals surface area contributed by atoms with Crippen LogP contribution in [0.15, 0.2) is 40.8 Å². The van der Waals surface area contributed by atoms with Crippen molar-refractivity contribution in [1.29, 1.82) is 0 Å². The highest BCUT2D eigenvalue weighted by Crippen LogP contribution is 2.32. The van der Waals surface area contributed by atoms with E-state index in [1.807, 2.05) is 6.92 Å². The Morgan fingerprint density at radius 1 is 1.44 bits per heavy atom. The van der Waals surface area contributed by atoms with E-state index in [4.69, 9.17) is 4.74 Å². The number of non-ortho nitro benzene ring substituents is 1. The fourth-order valence-electron chi connectivity index (χ4n) is 2.66. The molecule has 0 amide bonds. The van der Waals surface area contributed by atoms with Crippen molar-refractivity contribution >= 4 is 33.2 Å². The van der Waals surface area contributed by atoms with Gasteiger partial charge in [0.15, 0.2) is 0 Å². The molecule has 0 N–H and O–H groups in total. The maximum absolute atomic E-state index is 13.0. The lowest BCUT2D eigenvalue weighted by molar-refractivity contribution is -0.384. The largest absolute Gasteiger partial charge is 0.464 e. The minimum atomic E-state index is -0.821. The maximum atomic E-state index is 13.0. The standard InChI is InChI=1S/C18H17N3O5S/c1-3-7-26-18(23)11(2)20-10-19-16-15(17(20)22)14(9-27-16)12-5-4-6-13(8-12)21(24)25/h4-6,8-11H,3,7H2,1-2H3/t11-/m1/s1. The van der Waals surface area contributed by atoms with Crippen molar-refractivity contribution in [2.24, 2.45) is 0 Å². The Bertz CT molecular complexity index is 1070. The van der Waals surface area contributed by atoms with Gasteiger partial charge in [-0.15, -0.1) is 11.3 Å². The number of benzene rings is 1. The summed E-state index contributed by atoms with van der Waals surface area (Å²) in [7, 11) is 0. The molecule has 0 aliphatic heterocycles. The van der Waals surface area contributed by atoms with E-state index in [1.54, 1.807) is 24.4 Å². The van der Waals surface area contributed by atoms with Crippen LogP contribution in [0, 0.1) is 10.1 Å². The summed E-state index contributed by atoms with van der Waals surface area (Å²) in [5.74, 6) is -0.507. The van der Waals surface area contributed by atoms with E-state index in [9.17, 15) is 19.7 Å². The average molecular weight is 387 g/mol. The van der Waals surface area contributed by atoms with Crippen LogP contribution >= 0.6 is 11.3 Å². The zero-order valence-electron chi connectivity index (χ0n) is 14.7. The number of hydrogen-bond acceptors (Lipinski definition) is 7. The van der Waals surface area contributed by atoms with Gasteiger partial charge in [0.1, 0.15) is 10.9 Å². The Morgan fingerprint density at radius 3 is 2.93 bits per heavy atom. The number of rotatable bonds is 6. The van der Waals surface area contributed by atoms with Crippen molar-refractivity contribution in [3.63, 3.8) is 0 Å². The summed E-state index contributed by atoms with van der Waals surface area (Å²) in [6.45, 7) is 3.74. The summed E-state index contributed by atoms with van der Waals surface area (Å²) in [5, 5.41) is 13.1. The van der Waals surface area contributed by atoms with Gasteiger partial charge in [-0.2, -0.15) is 0 Å². The second-order valence-corrected chi connectivity index (χ2v) is 6.80. The fourth-order valence-corrected chi connectivity index (χ4v) is 3.56. The topological polar surface area (TPSA) is 104 Å². The molecule has 0 aliphatic rings. The van der Waals surface area contributed by atoms with Crippen LogP contribution in [0.25, 0.3) is 21.3 Å². The Hall–Kier alpha value is -3.07. The van der Waals surface area contributed by atoms with Gasteiger partial charge in [0.25, 0.3) is 11.2 Å². The van der Waals surface area contributed by atoms with Gasteiger partial charge in [-0.1, -0.05) is 19.1 Å². The molecule has 140 valence electrons. The van der Waals surface area contributed by atoms with Gasteiger partial charge >= 0.3 is 5.97 Å². The average Bonchev–Trinajstić information content (AvgIpc) is 3.11. The van der Waals surface area contributed by atoms with Crippen LogP contribution in [0.3, 0.4) is 0 Å². The van der Waals surface area contributed by atoms with E-state index in [-0.39, 0.29) is 17.9 Å². The molecule has 0 saturated carbocycles. The lowest BCUT2D eigenvalue weighted by Gasteiger charge is -2.14. The number of ether oxygens (including phenoxy) is 1. The molecule has 0 aliphatic carbocycles. The molecule has 1 atom stereocenters. The Kier molecular flexibility index (Phi) is 5.31. The Morgan fingerprint density at radius 2 is 2.22 bits per heavy atom.